The van der Waals surface area contributed by atoms with E-state index in [0.717, 1.165) is 16.8 Å². The van der Waals surface area contributed by atoms with Gasteiger partial charge in [0.1, 0.15) is 18.0 Å². The number of carbonyl (C=O) groups is 4. The van der Waals surface area contributed by atoms with E-state index >= 15 is 4.39 Å². The number of benzene rings is 1. The summed E-state index contributed by atoms with van der Waals surface area (Å²) in [6, 6.07) is 8.35. The van der Waals surface area contributed by atoms with Crippen molar-refractivity contribution in [2.75, 3.05) is 0 Å². The van der Waals surface area contributed by atoms with Gasteiger partial charge in [-0.15, -0.1) is 0 Å². The number of halogens is 1. The maximum absolute atomic E-state index is 15.3. The minimum absolute atomic E-state index is 0.0850. The fourth-order valence-corrected chi connectivity index (χ4v) is 5.63. The standard InChI is InChI=1S/C27H26FN5O5/c1-14-2-5-18-8-9-30-33(18)24(14)17-10-19(11-17)38-27(37)29-12-15-3-4-16-13-32(26(36)22(16)23(15)28)20-6-7-21(34)31-25(20)35/h2-5,8-9,17,19-20H,6-7,10-13H2,1H3,(H,29,37)(H,31,34,35). The summed E-state index contributed by atoms with van der Waals surface area (Å²) in [5.41, 5.74) is 3.77. The van der Waals surface area contributed by atoms with Crippen LogP contribution in [-0.2, 0) is 27.4 Å². The Labute approximate surface area is 217 Å². The molecular formula is C27H26FN5O5. The number of hydrogen-bond donors (Lipinski definition) is 2. The summed E-state index contributed by atoms with van der Waals surface area (Å²) in [5.74, 6) is -2.04. The zero-order chi connectivity index (χ0) is 26.6. The van der Waals surface area contributed by atoms with Crippen LogP contribution in [0.1, 0.15) is 64.3 Å². The van der Waals surface area contributed by atoms with E-state index in [1.54, 1.807) is 12.3 Å². The maximum atomic E-state index is 15.3. The van der Waals surface area contributed by atoms with Crippen molar-refractivity contribution in [1.82, 2.24) is 25.1 Å². The lowest BCUT2D eigenvalue weighted by molar-refractivity contribution is -0.136. The van der Waals surface area contributed by atoms with Crippen LogP contribution in [0.2, 0.25) is 0 Å². The smallest absolute Gasteiger partial charge is 0.407 e. The Morgan fingerprint density at radius 3 is 2.79 bits per heavy atom. The van der Waals surface area contributed by atoms with Crippen LogP contribution in [0.25, 0.3) is 5.52 Å². The molecule has 3 aliphatic rings. The van der Waals surface area contributed by atoms with Gasteiger partial charge in [-0.1, -0.05) is 18.2 Å². The molecule has 4 heterocycles. The van der Waals surface area contributed by atoms with Crippen LogP contribution in [0, 0.1) is 12.7 Å². The molecule has 1 unspecified atom stereocenters. The highest BCUT2D eigenvalue weighted by molar-refractivity contribution is 6.05. The summed E-state index contributed by atoms with van der Waals surface area (Å²) in [4.78, 5) is 50.3. The predicted octanol–water partition coefficient (Wildman–Crippen LogP) is 2.72. The highest BCUT2D eigenvalue weighted by Crippen LogP contribution is 2.40. The summed E-state index contributed by atoms with van der Waals surface area (Å²) in [6.45, 7) is 1.98. The van der Waals surface area contributed by atoms with E-state index in [2.05, 4.69) is 21.8 Å². The highest BCUT2D eigenvalue weighted by atomic mass is 19.1. The number of pyridine rings is 1. The van der Waals surface area contributed by atoms with E-state index in [4.69, 9.17) is 4.74 Å². The van der Waals surface area contributed by atoms with Crippen LogP contribution in [0.5, 0.6) is 0 Å². The Hall–Kier alpha value is -4.28. The molecule has 2 N–H and O–H groups in total. The number of nitrogens with zero attached hydrogens (tertiary/aromatic N) is 3. The number of rotatable bonds is 5. The van der Waals surface area contributed by atoms with Crippen LogP contribution in [0.15, 0.2) is 36.5 Å². The number of amides is 4. The molecule has 2 aromatic heterocycles. The maximum Gasteiger partial charge on any atom is 0.407 e. The van der Waals surface area contributed by atoms with Gasteiger partial charge in [-0.05, 0) is 49.4 Å². The first-order valence-corrected chi connectivity index (χ1v) is 12.6. The molecule has 4 amide bonds. The topological polar surface area (TPSA) is 122 Å². The fraction of sp³-hybridized carbons (Fsp3) is 0.370. The molecular weight excluding hydrogens is 493 g/mol. The number of fused-ring (bicyclic) bond motifs is 2. The second kappa shape index (κ2) is 9.23. The van der Waals surface area contributed by atoms with Crippen molar-refractivity contribution in [3.63, 3.8) is 0 Å². The van der Waals surface area contributed by atoms with Gasteiger partial charge < -0.3 is 15.0 Å². The van der Waals surface area contributed by atoms with Gasteiger partial charge >= 0.3 is 6.09 Å². The Kier molecular flexibility index (Phi) is 5.85. The molecule has 10 nitrogen and oxygen atoms in total. The van der Waals surface area contributed by atoms with Crippen LogP contribution in [0.4, 0.5) is 9.18 Å². The van der Waals surface area contributed by atoms with Gasteiger partial charge in [-0.2, -0.15) is 5.10 Å². The van der Waals surface area contributed by atoms with Crippen LogP contribution in [-0.4, -0.2) is 50.5 Å². The Morgan fingerprint density at radius 1 is 1.18 bits per heavy atom. The molecule has 3 aromatic rings. The van der Waals surface area contributed by atoms with Crippen molar-refractivity contribution in [1.29, 1.82) is 0 Å². The molecule has 1 saturated carbocycles. The fourth-order valence-electron chi connectivity index (χ4n) is 5.63. The molecule has 1 aromatic carbocycles. The molecule has 0 bridgehead atoms. The van der Waals surface area contributed by atoms with Gasteiger partial charge in [-0.25, -0.2) is 13.7 Å². The van der Waals surface area contributed by atoms with Gasteiger partial charge in [0.15, 0.2) is 0 Å². The van der Waals surface area contributed by atoms with Crippen LogP contribution >= 0.6 is 0 Å². The first-order chi connectivity index (χ1) is 18.3. The first kappa shape index (κ1) is 24.1. The van der Waals surface area contributed by atoms with E-state index in [-0.39, 0.29) is 55.0 Å². The quantitative estimate of drug-likeness (QED) is 0.500. The van der Waals surface area contributed by atoms with Crippen molar-refractivity contribution >= 4 is 29.3 Å². The molecule has 196 valence electrons. The van der Waals surface area contributed by atoms with Crippen LogP contribution < -0.4 is 10.6 Å². The second-order valence-corrected chi connectivity index (χ2v) is 10.1. The lowest BCUT2D eigenvalue weighted by Crippen LogP contribution is -2.52. The van der Waals surface area contributed by atoms with E-state index < -0.39 is 29.8 Å². The van der Waals surface area contributed by atoms with Crippen LogP contribution in [0.3, 0.4) is 0 Å². The van der Waals surface area contributed by atoms with Gasteiger partial charge in [0.2, 0.25) is 11.8 Å². The summed E-state index contributed by atoms with van der Waals surface area (Å²) in [6.07, 6.45) is 2.52. The van der Waals surface area contributed by atoms with E-state index in [0.29, 0.717) is 18.4 Å². The van der Waals surface area contributed by atoms with E-state index in [1.165, 1.54) is 11.0 Å². The van der Waals surface area contributed by atoms with Crippen molar-refractivity contribution in [2.45, 2.75) is 63.8 Å². The third-order valence-corrected chi connectivity index (χ3v) is 7.70. The number of ether oxygens (including phenoxy) is 1. The number of aryl methyl sites for hydroxylation is 1. The SMILES string of the molecule is Cc1ccc2ccnn2c1C1CC(OC(=O)NCc2ccc3c(c2F)C(=O)N(C2CCC(=O)NC2=O)C3)C1. The zero-order valence-corrected chi connectivity index (χ0v) is 20.7. The summed E-state index contributed by atoms with van der Waals surface area (Å²) < 4.78 is 22.7. The predicted molar refractivity (Wildman–Crippen MR) is 131 cm³/mol. The van der Waals surface area contributed by atoms with E-state index in [9.17, 15) is 19.2 Å². The average molecular weight is 520 g/mol. The molecule has 11 heteroatoms. The third-order valence-electron chi connectivity index (χ3n) is 7.70. The van der Waals surface area contributed by atoms with Gasteiger partial charge in [-0.3, -0.25) is 19.7 Å². The molecule has 2 fully saturated rings. The molecule has 1 atom stereocenters. The van der Waals surface area contributed by atoms with Gasteiger partial charge in [0.05, 0.1) is 11.1 Å². The Balaban J connectivity index is 1.05. The number of alkyl carbamates (subject to hydrolysis) is 1. The summed E-state index contributed by atoms with van der Waals surface area (Å²) in [5, 5.41) is 9.21. The first-order valence-electron chi connectivity index (χ1n) is 12.6. The molecule has 38 heavy (non-hydrogen) atoms. The normalized spacial score (nSPS) is 22.7. The van der Waals surface area contributed by atoms with Crippen molar-refractivity contribution in [3.8, 4) is 0 Å². The number of imide groups is 1. The molecule has 0 spiro atoms. The second-order valence-electron chi connectivity index (χ2n) is 10.1. The third kappa shape index (κ3) is 4.07. The van der Waals surface area contributed by atoms with Gasteiger partial charge in [0.25, 0.3) is 5.91 Å². The minimum atomic E-state index is -0.820. The van der Waals surface area contributed by atoms with Crippen molar-refractivity contribution in [2.24, 2.45) is 0 Å². The van der Waals surface area contributed by atoms with Gasteiger partial charge in [0, 0.05) is 42.9 Å². The van der Waals surface area contributed by atoms with E-state index in [1.807, 2.05) is 23.6 Å². The number of carbonyl (C=O) groups excluding carboxylic acids is 4. The van der Waals surface area contributed by atoms with Crippen molar-refractivity contribution < 1.29 is 28.3 Å². The number of nitrogens with one attached hydrogen (secondary N) is 2. The summed E-state index contributed by atoms with van der Waals surface area (Å²) >= 11 is 0. The number of aromatic nitrogens is 2. The minimum Gasteiger partial charge on any atom is -0.446 e. The number of hydrogen-bond acceptors (Lipinski definition) is 6. The summed E-state index contributed by atoms with van der Waals surface area (Å²) in [7, 11) is 0. The Morgan fingerprint density at radius 2 is 2.00 bits per heavy atom. The molecule has 2 aliphatic heterocycles. The lowest BCUT2D eigenvalue weighted by atomic mass is 9.78. The Bertz CT molecular complexity index is 1490. The molecule has 1 aliphatic carbocycles. The monoisotopic (exact) mass is 519 g/mol. The number of piperidine rings is 1. The highest BCUT2D eigenvalue weighted by Gasteiger charge is 2.41. The zero-order valence-electron chi connectivity index (χ0n) is 20.7. The molecule has 1 saturated heterocycles. The molecule has 6 rings (SSSR count). The van der Waals surface area contributed by atoms with Crippen molar-refractivity contribution in [3.05, 3.63) is 70.3 Å². The molecule has 0 radical (unpaired) electrons. The largest absolute Gasteiger partial charge is 0.446 e. The lowest BCUT2D eigenvalue weighted by Gasteiger charge is -2.35. The average Bonchev–Trinajstić information content (AvgIpc) is 3.46.